The average molecular weight is 386 g/mol. The van der Waals surface area contributed by atoms with Crippen LogP contribution >= 0.6 is 35.0 Å². The first-order valence-corrected chi connectivity index (χ1v) is 9.46. The van der Waals surface area contributed by atoms with Gasteiger partial charge in [-0.1, -0.05) is 41.0 Å². The fourth-order valence-electron chi connectivity index (χ4n) is 2.70. The monoisotopic (exact) mass is 385 g/mol. The zero-order valence-corrected chi connectivity index (χ0v) is 15.3. The van der Waals surface area contributed by atoms with Crippen molar-refractivity contribution in [2.75, 3.05) is 18.4 Å². The maximum absolute atomic E-state index is 12.2. The van der Waals surface area contributed by atoms with E-state index in [-0.39, 0.29) is 18.2 Å². The number of hydrogen-bond donors (Lipinski definition) is 1. The minimum absolute atomic E-state index is 0.0627. The van der Waals surface area contributed by atoms with Crippen molar-refractivity contribution in [3.63, 3.8) is 0 Å². The van der Waals surface area contributed by atoms with E-state index in [1.807, 2.05) is 0 Å². The highest BCUT2D eigenvalue weighted by molar-refractivity contribution is 8.15. The van der Waals surface area contributed by atoms with E-state index in [9.17, 15) is 9.59 Å². The number of carbonyl (C=O) groups is 2. The highest BCUT2D eigenvalue weighted by atomic mass is 35.5. The molecule has 24 heavy (non-hydrogen) atoms. The molecule has 128 valence electrons. The van der Waals surface area contributed by atoms with Crippen LogP contribution in [0.25, 0.3) is 0 Å². The molecule has 2 heterocycles. The normalized spacial score (nSPS) is 20.9. The number of amides is 2. The molecule has 2 aliphatic heterocycles. The molecule has 0 aliphatic carbocycles. The smallest absolute Gasteiger partial charge is 0.262 e. The van der Waals surface area contributed by atoms with Crippen LogP contribution in [-0.4, -0.2) is 40.2 Å². The summed E-state index contributed by atoms with van der Waals surface area (Å²) in [6.45, 7) is 1.85. The van der Waals surface area contributed by atoms with E-state index >= 15 is 0 Å². The Morgan fingerprint density at radius 2 is 2.04 bits per heavy atom. The summed E-state index contributed by atoms with van der Waals surface area (Å²) in [6.07, 6.45) is 3.51. The van der Waals surface area contributed by atoms with E-state index in [0.717, 1.165) is 31.1 Å². The number of hydrogen-bond acceptors (Lipinski definition) is 4. The van der Waals surface area contributed by atoms with Crippen LogP contribution in [0.15, 0.2) is 23.2 Å². The summed E-state index contributed by atoms with van der Waals surface area (Å²) >= 11 is 13.4. The number of halogens is 2. The van der Waals surface area contributed by atoms with E-state index in [1.54, 1.807) is 18.2 Å². The van der Waals surface area contributed by atoms with Gasteiger partial charge in [-0.15, -0.1) is 0 Å². The van der Waals surface area contributed by atoms with E-state index in [1.165, 1.54) is 18.2 Å². The topological polar surface area (TPSA) is 61.8 Å². The highest BCUT2D eigenvalue weighted by Gasteiger charge is 2.33. The number of likely N-dealkylation sites (tertiary alicyclic amines) is 1. The molecule has 0 bridgehead atoms. The Hall–Kier alpha value is -1.24. The van der Waals surface area contributed by atoms with Crippen LogP contribution in [-0.2, 0) is 9.59 Å². The van der Waals surface area contributed by atoms with Gasteiger partial charge in [0, 0.05) is 19.5 Å². The third-order valence-corrected chi connectivity index (χ3v) is 5.98. The summed E-state index contributed by atoms with van der Waals surface area (Å²) in [5.41, 5.74) is 0.446. The molecule has 8 heteroatoms. The van der Waals surface area contributed by atoms with Crippen LogP contribution in [0.4, 0.5) is 5.69 Å². The number of aliphatic imine (C=N–C) groups is 1. The van der Waals surface area contributed by atoms with Gasteiger partial charge >= 0.3 is 0 Å². The quantitative estimate of drug-likeness (QED) is 0.858. The summed E-state index contributed by atoms with van der Waals surface area (Å²) in [7, 11) is 0. The third-order valence-electron chi connectivity index (χ3n) is 3.95. The molecular formula is C16H17Cl2N3O2S. The zero-order valence-electron chi connectivity index (χ0n) is 12.9. The molecule has 1 aromatic rings. The van der Waals surface area contributed by atoms with E-state index in [2.05, 4.69) is 15.2 Å². The first-order valence-electron chi connectivity index (χ1n) is 7.82. The van der Waals surface area contributed by atoms with Crippen molar-refractivity contribution in [1.29, 1.82) is 0 Å². The lowest BCUT2D eigenvalue weighted by atomic mass is 10.1. The van der Waals surface area contributed by atoms with Crippen LogP contribution < -0.4 is 5.32 Å². The number of nitrogens with one attached hydrogen (secondary N) is 1. The third kappa shape index (κ3) is 4.05. The highest BCUT2D eigenvalue weighted by Crippen LogP contribution is 2.31. The molecule has 2 aliphatic rings. The Morgan fingerprint density at radius 1 is 1.29 bits per heavy atom. The number of benzene rings is 1. The van der Waals surface area contributed by atoms with Gasteiger partial charge in [-0.05, 0) is 31.4 Å². The standard InChI is InChI=1S/C16H17Cl2N3O2S/c17-10-5-4-6-11(14(10)18)19-13(22)9-12-15(23)20-16(24-12)21-7-2-1-3-8-21/h4-6,12H,1-3,7-9H2,(H,19,22)/t12-/m1/s1. The number of carbonyl (C=O) groups excluding carboxylic acids is 2. The van der Waals surface area contributed by atoms with Gasteiger partial charge in [-0.2, -0.15) is 4.99 Å². The average Bonchev–Trinajstić information content (AvgIpc) is 2.93. The Balaban J connectivity index is 1.57. The van der Waals surface area contributed by atoms with E-state index in [0.29, 0.717) is 15.7 Å². The van der Waals surface area contributed by atoms with Crippen molar-refractivity contribution in [3.05, 3.63) is 28.2 Å². The number of anilines is 1. The number of rotatable bonds is 3. The van der Waals surface area contributed by atoms with Crippen LogP contribution in [0.1, 0.15) is 25.7 Å². The van der Waals surface area contributed by atoms with Gasteiger partial charge in [0.15, 0.2) is 5.17 Å². The number of amidine groups is 1. The summed E-state index contributed by atoms with van der Waals surface area (Å²) in [5, 5.41) is 3.65. The molecule has 1 N–H and O–H groups in total. The lowest BCUT2D eigenvalue weighted by Gasteiger charge is -2.27. The maximum Gasteiger partial charge on any atom is 0.262 e. The predicted octanol–water partition coefficient (Wildman–Crippen LogP) is 3.81. The summed E-state index contributed by atoms with van der Waals surface area (Å²) in [5.74, 6) is -0.520. The molecule has 0 spiro atoms. The first-order chi connectivity index (χ1) is 11.5. The molecule has 0 aromatic heterocycles. The van der Waals surface area contributed by atoms with Gasteiger partial charge in [0.2, 0.25) is 5.91 Å². The van der Waals surface area contributed by atoms with Crippen molar-refractivity contribution < 1.29 is 9.59 Å². The summed E-state index contributed by atoms with van der Waals surface area (Å²) in [4.78, 5) is 30.6. The molecule has 1 aromatic carbocycles. The number of thioether (sulfide) groups is 1. The Morgan fingerprint density at radius 3 is 2.79 bits per heavy atom. The van der Waals surface area contributed by atoms with Crippen LogP contribution in [0.5, 0.6) is 0 Å². The minimum Gasteiger partial charge on any atom is -0.351 e. The van der Waals surface area contributed by atoms with Crippen molar-refractivity contribution in [3.8, 4) is 0 Å². The Bertz CT molecular complexity index is 690. The molecule has 3 rings (SSSR count). The van der Waals surface area contributed by atoms with Gasteiger partial charge in [-0.3, -0.25) is 9.59 Å². The van der Waals surface area contributed by atoms with Gasteiger partial charge in [0.1, 0.15) is 5.25 Å². The Labute approximate surface area is 154 Å². The largest absolute Gasteiger partial charge is 0.351 e. The molecule has 0 unspecified atom stereocenters. The second-order valence-corrected chi connectivity index (χ2v) is 7.70. The second kappa shape index (κ2) is 7.76. The van der Waals surface area contributed by atoms with Crippen molar-refractivity contribution in [1.82, 2.24) is 4.90 Å². The summed E-state index contributed by atoms with van der Waals surface area (Å²) < 4.78 is 0. The van der Waals surface area contributed by atoms with E-state index in [4.69, 9.17) is 23.2 Å². The van der Waals surface area contributed by atoms with Crippen LogP contribution in [0.3, 0.4) is 0 Å². The molecular weight excluding hydrogens is 369 g/mol. The molecule has 1 saturated heterocycles. The number of piperidine rings is 1. The summed E-state index contributed by atoms with van der Waals surface area (Å²) in [6, 6.07) is 5.02. The van der Waals surface area contributed by atoms with Gasteiger partial charge in [0.05, 0.1) is 15.7 Å². The molecule has 1 fully saturated rings. The van der Waals surface area contributed by atoms with Crippen molar-refractivity contribution in [2.24, 2.45) is 4.99 Å². The SMILES string of the molecule is O=C(C[C@H]1SC(N2CCCCC2)=NC1=O)Nc1cccc(Cl)c1Cl. The Kier molecular flexibility index (Phi) is 5.69. The predicted molar refractivity (Wildman–Crippen MR) is 99.0 cm³/mol. The van der Waals surface area contributed by atoms with Crippen molar-refractivity contribution >= 4 is 57.6 Å². The second-order valence-electron chi connectivity index (χ2n) is 5.74. The molecule has 1 atom stereocenters. The zero-order chi connectivity index (χ0) is 17.1. The lowest BCUT2D eigenvalue weighted by molar-refractivity contribution is -0.121. The maximum atomic E-state index is 12.2. The van der Waals surface area contributed by atoms with Gasteiger partial charge < -0.3 is 10.2 Å². The van der Waals surface area contributed by atoms with E-state index < -0.39 is 5.25 Å². The molecule has 0 saturated carbocycles. The molecule has 5 nitrogen and oxygen atoms in total. The van der Waals surface area contributed by atoms with Crippen molar-refractivity contribution in [2.45, 2.75) is 30.9 Å². The lowest BCUT2D eigenvalue weighted by Crippen LogP contribution is -2.33. The van der Waals surface area contributed by atoms with Gasteiger partial charge in [-0.25, -0.2) is 0 Å². The first kappa shape index (κ1) is 17.6. The minimum atomic E-state index is -0.472. The fraction of sp³-hybridized carbons (Fsp3) is 0.438. The fourth-order valence-corrected chi connectivity index (χ4v) is 4.16. The molecule has 2 amide bonds. The van der Waals surface area contributed by atoms with Gasteiger partial charge in [0.25, 0.3) is 5.91 Å². The molecule has 0 radical (unpaired) electrons. The van der Waals surface area contributed by atoms with Crippen LogP contribution in [0.2, 0.25) is 10.0 Å². The number of nitrogens with zero attached hydrogens (tertiary/aromatic N) is 2. The van der Waals surface area contributed by atoms with Crippen LogP contribution in [0, 0.1) is 0 Å².